The van der Waals surface area contributed by atoms with Gasteiger partial charge < -0.3 is 10.4 Å². The highest BCUT2D eigenvalue weighted by Gasteiger charge is 2.46. The Kier molecular flexibility index (Phi) is 2.61. The van der Waals surface area contributed by atoms with Gasteiger partial charge in [0.25, 0.3) is 0 Å². The Hall–Kier alpha value is -1.91. The Morgan fingerprint density at radius 2 is 2.18 bits per heavy atom. The van der Waals surface area contributed by atoms with Gasteiger partial charge in [-0.1, -0.05) is 6.07 Å². The monoisotopic (exact) mass is 237 g/mol. The molecule has 0 bridgehead atoms. The number of halogens is 1. The second kappa shape index (κ2) is 3.84. The predicted molar refractivity (Wildman–Crippen MR) is 57.9 cm³/mol. The maximum absolute atomic E-state index is 13.0. The van der Waals surface area contributed by atoms with Gasteiger partial charge in [-0.2, -0.15) is 0 Å². The molecule has 90 valence electrons. The molecule has 1 aromatic carbocycles. The summed E-state index contributed by atoms with van der Waals surface area (Å²) in [6.07, 6.45) is 0.695. The van der Waals surface area contributed by atoms with Crippen molar-refractivity contribution in [3.8, 4) is 0 Å². The molecular weight excluding hydrogens is 225 g/mol. The SMILES string of the molecule is CC(=O)NC1(C(=O)O)CCc2cc(F)ccc21. The number of carboxylic acids is 1. The maximum Gasteiger partial charge on any atom is 0.334 e. The number of benzene rings is 1. The largest absolute Gasteiger partial charge is 0.479 e. The van der Waals surface area contributed by atoms with Gasteiger partial charge in [-0.25, -0.2) is 9.18 Å². The van der Waals surface area contributed by atoms with Gasteiger partial charge in [0.05, 0.1) is 0 Å². The second-order valence-electron chi connectivity index (χ2n) is 4.19. The third-order valence-corrected chi connectivity index (χ3v) is 3.05. The Balaban J connectivity index is 2.53. The van der Waals surface area contributed by atoms with Crippen molar-refractivity contribution >= 4 is 11.9 Å². The lowest BCUT2D eigenvalue weighted by Crippen LogP contribution is -2.49. The quantitative estimate of drug-likeness (QED) is 0.811. The number of nitrogens with one attached hydrogen (secondary N) is 1. The normalized spacial score (nSPS) is 22.0. The molecule has 0 spiro atoms. The first-order chi connectivity index (χ1) is 7.95. The molecule has 17 heavy (non-hydrogen) atoms. The molecule has 1 amide bonds. The van der Waals surface area contributed by atoms with E-state index < -0.39 is 23.2 Å². The van der Waals surface area contributed by atoms with E-state index in [1.165, 1.54) is 25.1 Å². The zero-order chi connectivity index (χ0) is 12.6. The van der Waals surface area contributed by atoms with Crippen LogP contribution in [0.25, 0.3) is 0 Å². The molecule has 0 aliphatic heterocycles. The molecule has 1 atom stereocenters. The summed E-state index contributed by atoms with van der Waals surface area (Å²) in [6, 6.07) is 3.97. The fourth-order valence-corrected chi connectivity index (χ4v) is 2.35. The molecule has 0 fully saturated rings. The van der Waals surface area contributed by atoms with Gasteiger partial charge in [0.1, 0.15) is 5.82 Å². The van der Waals surface area contributed by atoms with Crippen LogP contribution in [0.3, 0.4) is 0 Å². The highest BCUT2D eigenvalue weighted by Crippen LogP contribution is 2.37. The molecule has 1 aromatic rings. The van der Waals surface area contributed by atoms with Gasteiger partial charge in [-0.15, -0.1) is 0 Å². The first-order valence-corrected chi connectivity index (χ1v) is 5.27. The van der Waals surface area contributed by atoms with Crippen LogP contribution >= 0.6 is 0 Å². The minimum Gasteiger partial charge on any atom is -0.479 e. The number of hydrogen-bond acceptors (Lipinski definition) is 2. The molecule has 1 aliphatic rings. The summed E-state index contributed by atoms with van der Waals surface area (Å²) in [5, 5.41) is 11.8. The first-order valence-electron chi connectivity index (χ1n) is 5.27. The molecule has 5 heteroatoms. The maximum atomic E-state index is 13.0. The van der Waals surface area contributed by atoms with Crippen molar-refractivity contribution in [3.63, 3.8) is 0 Å². The van der Waals surface area contributed by atoms with Crippen molar-refractivity contribution in [2.24, 2.45) is 0 Å². The number of aryl methyl sites for hydroxylation is 1. The van der Waals surface area contributed by atoms with Crippen molar-refractivity contribution in [1.82, 2.24) is 5.32 Å². The molecule has 0 saturated carbocycles. The number of rotatable bonds is 2. The van der Waals surface area contributed by atoms with Crippen LogP contribution in [-0.4, -0.2) is 17.0 Å². The molecule has 0 heterocycles. The van der Waals surface area contributed by atoms with Gasteiger partial charge in [0, 0.05) is 6.92 Å². The van der Waals surface area contributed by atoms with E-state index in [4.69, 9.17) is 0 Å². The van der Waals surface area contributed by atoms with E-state index in [0.717, 1.165) is 0 Å². The van der Waals surface area contributed by atoms with Gasteiger partial charge in [0.15, 0.2) is 5.54 Å². The van der Waals surface area contributed by atoms with E-state index in [2.05, 4.69) is 5.32 Å². The van der Waals surface area contributed by atoms with E-state index in [1.807, 2.05) is 0 Å². The summed E-state index contributed by atoms with van der Waals surface area (Å²) in [5.41, 5.74) is -0.294. The number of amides is 1. The van der Waals surface area contributed by atoms with E-state index in [0.29, 0.717) is 17.5 Å². The number of hydrogen-bond donors (Lipinski definition) is 2. The van der Waals surface area contributed by atoms with E-state index >= 15 is 0 Å². The molecule has 4 nitrogen and oxygen atoms in total. The summed E-state index contributed by atoms with van der Waals surface area (Å²) >= 11 is 0. The lowest BCUT2D eigenvalue weighted by Gasteiger charge is -2.26. The summed E-state index contributed by atoms with van der Waals surface area (Å²) in [4.78, 5) is 22.5. The van der Waals surface area contributed by atoms with Crippen LogP contribution in [-0.2, 0) is 21.5 Å². The highest BCUT2D eigenvalue weighted by atomic mass is 19.1. The zero-order valence-corrected chi connectivity index (χ0v) is 9.29. The van der Waals surface area contributed by atoms with Crippen LogP contribution in [0, 0.1) is 5.82 Å². The Bertz CT molecular complexity index is 501. The molecule has 0 saturated heterocycles. The standard InChI is InChI=1S/C12H12FNO3/c1-7(15)14-12(11(16)17)5-4-8-6-9(13)2-3-10(8)12/h2-3,6H,4-5H2,1H3,(H,14,15)(H,16,17). The molecule has 1 unspecified atom stereocenters. The summed E-state index contributed by atoms with van der Waals surface area (Å²) in [5.74, 6) is -1.92. The van der Waals surface area contributed by atoms with E-state index in [-0.39, 0.29) is 6.42 Å². The predicted octanol–water partition coefficient (Wildman–Crippen LogP) is 1.19. The van der Waals surface area contributed by atoms with Crippen molar-refractivity contribution in [2.75, 3.05) is 0 Å². The minimum absolute atomic E-state index is 0.251. The van der Waals surface area contributed by atoms with E-state index in [1.54, 1.807) is 0 Å². The molecule has 0 radical (unpaired) electrons. The topological polar surface area (TPSA) is 66.4 Å². The lowest BCUT2D eigenvalue weighted by molar-refractivity contribution is -0.147. The van der Waals surface area contributed by atoms with Crippen LogP contribution in [0.5, 0.6) is 0 Å². The lowest BCUT2D eigenvalue weighted by atomic mass is 9.91. The Morgan fingerprint density at radius 1 is 1.47 bits per heavy atom. The Morgan fingerprint density at radius 3 is 2.76 bits per heavy atom. The van der Waals surface area contributed by atoms with Crippen LogP contribution in [0.15, 0.2) is 18.2 Å². The van der Waals surface area contributed by atoms with Gasteiger partial charge in [0.2, 0.25) is 5.91 Å². The second-order valence-corrected chi connectivity index (χ2v) is 4.19. The third-order valence-electron chi connectivity index (χ3n) is 3.05. The van der Waals surface area contributed by atoms with Crippen LogP contribution < -0.4 is 5.32 Å². The average molecular weight is 237 g/mol. The molecular formula is C12H12FNO3. The van der Waals surface area contributed by atoms with Crippen molar-refractivity contribution in [1.29, 1.82) is 0 Å². The fraction of sp³-hybridized carbons (Fsp3) is 0.333. The minimum atomic E-state index is -1.41. The van der Waals surface area contributed by atoms with Crippen LogP contribution in [0.2, 0.25) is 0 Å². The number of aliphatic carboxylic acids is 1. The van der Waals surface area contributed by atoms with Crippen molar-refractivity contribution < 1.29 is 19.1 Å². The number of carbonyl (C=O) groups is 2. The third kappa shape index (κ3) is 1.77. The molecule has 1 aliphatic carbocycles. The number of carboxylic acid groups (broad SMARTS) is 1. The fourth-order valence-electron chi connectivity index (χ4n) is 2.35. The number of carbonyl (C=O) groups excluding carboxylic acids is 1. The first kappa shape index (κ1) is 11.6. The summed E-state index contributed by atoms with van der Waals surface area (Å²) in [6.45, 7) is 1.27. The molecule has 2 rings (SSSR count). The van der Waals surface area contributed by atoms with Crippen LogP contribution in [0.1, 0.15) is 24.5 Å². The highest BCUT2D eigenvalue weighted by molar-refractivity contribution is 5.88. The van der Waals surface area contributed by atoms with Gasteiger partial charge >= 0.3 is 5.97 Å². The van der Waals surface area contributed by atoms with Gasteiger partial charge in [-0.05, 0) is 36.1 Å². The van der Waals surface area contributed by atoms with Crippen molar-refractivity contribution in [2.45, 2.75) is 25.3 Å². The van der Waals surface area contributed by atoms with Crippen molar-refractivity contribution in [3.05, 3.63) is 35.1 Å². The smallest absolute Gasteiger partial charge is 0.334 e. The summed E-state index contributed by atoms with van der Waals surface area (Å²) < 4.78 is 13.0. The molecule has 2 N–H and O–H groups in total. The average Bonchev–Trinajstić information content (AvgIpc) is 2.57. The van der Waals surface area contributed by atoms with Crippen LogP contribution in [0.4, 0.5) is 4.39 Å². The zero-order valence-electron chi connectivity index (χ0n) is 9.29. The Labute approximate surface area is 97.4 Å². The van der Waals surface area contributed by atoms with E-state index in [9.17, 15) is 19.1 Å². The molecule has 0 aromatic heterocycles. The number of fused-ring (bicyclic) bond motifs is 1. The summed E-state index contributed by atoms with van der Waals surface area (Å²) in [7, 11) is 0. The van der Waals surface area contributed by atoms with Gasteiger partial charge in [-0.3, -0.25) is 4.79 Å².